The lowest BCUT2D eigenvalue weighted by molar-refractivity contribution is -0.140. The molecule has 0 fully saturated rings. The van der Waals surface area contributed by atoms with E-state index in [0.717, 1.165) is 15.4 Å². The highest BCUT2D eigenvalue weighted by molar-refractivity contribution is 7.92. The molecule has 0 bridgehead atoms. The van der Waals surface area contributed by atoms with Gasteiger partial charge in [-0.15, -0.1) is 0 Å². The Morgan fingerprint density at radius 3 is 2.13 bits per heavy atom. The highest BCUT2D eigenvalue weighted by Gasteiger charge is 2.35. The number of nitrogens with zero attached hydrogens (tertiary/aromatic N) is 2. The number of halogens is 1. The van der Waals surface area contributed by atoms with Crippen LogP contribution in [0.25, 0.3) is 0 Å². The number of hydrogen-bond acceptors (Lipinski definition) is 5. The Morgan fingerprint density at radius 2 is 1.52 bits per heavy atom. The van der Waals surface area contributed by atoms with Gasteiger partial charge in [-0.3, -0.25) is 13.9 Å². The van der Waals surface area contributed by atoms with Crippen molar-refractivity contribution in [2.24, 2.45) is 0 Å². The van der Waals surface area contributed by atoms with Crippen molar-refractivity contribution < 1.29 is 27.1 Å². The summed E-state index contributed by atoms with van der Waals surface area (Å²) in [5.41, 5.74) is 2.34. The van der Waals surface area contributed by atoms with Crippen LogP contribution in [0, 0.1) is 12.7 Å². The maximum absolute atomic E-state index is 14.6. The quantitative estimate of drug-likeness (QED) is 0.185. The minimum absolute atomic E-state index is 0.00760. The van der Waals surface area contributed by atoms with Gasteiger partial charge in [0.15, 0.2) is 0 Å². The van der Waals surface area contributed by atoms with E-state index in [1.807, 2.05) is 51.1 Å². The van der Waals surface area contributed by atoms with Crippen molar-refractivity contribution in [3.8, 4) is 5.75 Å². The van der Waals surface area contributed by atoms with Crippen molar-refractivity contribution in [3.63, 3.8) is 0 Å². The minimum atomic E-state index is -4.28. The lowest BCUT2D eigenvalue weighted by atomic mass is 10.0. The molecule has 0 radical (unpaired) electrons. The first kappa shape index (κ1) is 34.2. The second kappa shape index (κ2) is 15.5. The van der Waals surface area contributed by atoms with Gasteiger partial charge in [0.25, 0.3) is 10.0 Å². The number of anilines is 1. The third-order valence-electron chi connectivity index (χ3n) is 7.75. The third kappa shape index (κ3) is 8.51. The number of amides is 2. The Labute approximate surface area is 270 Å². The second-order valence-electron chi connectivity index (χ2n) is 11.2. The first-order valence-electron chi connectivity index (χ1n) is 15.1. The van der Waals surface area contributed by atoms with Crippen LogP contribution >= 0.6 is 0 Å². The highest BCUT2D eigenvalue weighted by Crippen LogP contribution is 2.34. The van der Waals surface area contributed by atoms with E-state index in [9.17, 15) is 22.4 Å². The number of nitrogens with one attached hydrogen (secondary N) is 1. The summed E-state index contributed by atoms with van der Waals surface area (Å²) in [6.07, 6.45) is 0.848. The number of methoxy groups -OCH3 is 1. The summed E-state index contributed by atoms with van der Waals surface area (Å²) in [6.45, 7) is 4.95. The van der Waals surface area contributed by atoms with E-state index in [-0.39, 0.29) is 41.2 Å². The molecule has 10 heteroatoms. The van der Waals surface area contributed by atoms with Gasteiger partial charge in [-0.05, 0) is 73.4 Å². The number of benzene rings is 4. The molecule has 242 valence electrons. The summed E-state index contributed by atoms with van der Waals surface area (Å²) in [7, 11) is -2.85. The maximum atomic E-state index is 14.6. The van der Waals surface area contributed by atoms with Crippen LogP contribution in [0.2, 0.25) is 0 Å². The summed E-state index contributed by atoms with van der Waals surface area (Å²) >= 11 is 0. The standard InChI is InChI=1S/C36H40FN3O5S/c1-5-27(3)38-36(42)33(23-28-12-8-6-9-13-28)39(24-29-17-19-30(37)20-18-29)35(41)25-40(32-22-26(2)16-21-34(32)45-4)46(43,44)31-14-10-7-11-15-31/h6-22,27,33H,5,23-25H2,1-4H3,(H,38,42). The van der Waals surface area contributed by atoms with Crippen molar-refractivity contribution in [1.29, 1.82) is 0 Å². The Hall–Kier alpha value is -4.70. The van der Waals surface area contributed by atoms with Gasteiger partial charge in [-0.2, -0.15) is 0 Å². The SMILES string of the molecule is CCC(C)NC(=O)C(Cc1ccccc1)N(Cc1ccc(F)cc1)C(=O)CN(c1cc(C)ccc1OC)S(=O)(=O)c1ccccc1. The van der Waals surface area contributed by atoms with Gasteiger partial charge >= 0.3 is 0 Å². The molecule has 2 amide bonds. The number of hydrogen-bond donors (Lipinski definition) is 1. The van der Waals surface area contributed by atoms with Gasteiger partial charge in [-0.1, -0.05) is 73.7 Å². The molecule has 46 heavy (non-hydrogen) atoms. The zero-order valence-corrected chi connectivity index (χ0v) is 27.3. The van der Waals surface area contributed by atoms with Gasteiger partial charge in [-0.25, -0.2) is 12.8 Å². The molecule has 0 saturated carbocycles. The van der Waals surface area contributed by atoms with Crippen molar-refractivity contribution in [2.45, 2.75) is 57.1 Å². The normalized spacial score (nSPS) is 12.5. The van der Waals surface area contributed by atoms with Crippen LogP contribution < -0.4 is 14.4 Å². The molecule has 0 aromatic heterocycles. The number of ether oxygens (including phenoxy) is 1. The van der Waals surface area contributed by atoms with Crippen LogP contribution in [-0.2, 0) is 32.6 Å². The van der Waals surface area contributed by atoms with Crippen LogP contribution in [0.4, 0.5) is 10.1 Å². The lowest BCUT2D eigenvalue weighted by Gasteiger charge is -2.34. The Kier molecular flexibility index (Phi) is 11.5. The largest absolute Gasteiger partial charge is 0.495 e. The molecule has 4 aromatic carbocycles. The molecule has 0 spiro atoms. The summed E-state index contributed by atoms with van der Waals surface area (Å²) in [5, 5.41) is 3.00. The first-order chi connectivity index (χ1) is 22.0. The predicted molar refractivity (Wildman–Crippen MR) is 177 cm³/mol. The van der Waals surface area contributed by atoms with Crippen LogP contribution in [-0.4, -0.2) is 50.9 Å². The van der Waals surface area contributed by atoms with Crippen LogP contribution in [0.5, 0.6) is 5.75 Å². The van der Waals surface area contributed by atoms with Gasteiger partial charge < -0.3 is 15.0 Å². The molecule has 1 N–H and O–H groups in total. The van der Waals surface area contributed by atoms with E-state index < -0.39 is 34.3 Å². The van der Waals surface area contributed by atoms with Gasteiger partial charge in [0.05, 0.1) is 17.7 Å². The molecule has 0 aliphatic rings. The molecule has 0 aliphatic heterocycles. The van der Waals surface area contributed by atoms with E-state index in [4.69, 9.17) is 4.74 Å². The van der Waals surface area contributed by atoms with Crippen molar-refractivity contribution in [1.82, 2.24) is 10.2 Å². The molecule has 2 unspecified atom stereocenters. The monoisotopic (exact) mass is 645 g/mol. The summed E-state index contributed by atoms with van der Waals surface area (Å²) in [4.78, 5) is 29.9. The predicted octanol–water partition coefficient (Wildman–Crippen LogP) is 5.89. The summed E-state index contributed by atoms with van der Waals surface area (Å²) in [5.74, 6) is -1.17. The number of rotatable bonds is 14. The maximum Gasteiger partial charge on any atom is 0.264 e. The molecule has 2 atom stereocenters. The number of sulfonamides is 1. The van der Waals surface area contributed by atoms with E-state index in [1.54, 1.807) is 48.5 Å². The Morgan fingerprint density at radius 1 is 0.891 bits per heavy atom. The molecular weight excluding hydrogens is 605 g/mol. The minimum Gasteiger partial charge on any atom is -0.495 e. The smallest absolute Gasteiger partial charge is 0.264 e. The number of aryl methyl sites for hydroxylation is 1. The molecule has 8 nitrogen and oxygen atoms in total. The highest BCUT2D eigenvalue weighted by atomic mass is 32.2. The first-order valence-corrected chi connectivity index (χ1v) is 16.6. The molecule has 0 heterocycles. The van der Waals surface area contributed by atoms with Crippen molar-refractivity contribution in [3.05, 3.63) is 126 Å². The zero-order chi connectivity index (χ0) is 33.3. The van der Waals surface area contributed by atoms with E-state index in [1.165, 1.54) is 36.3 Å². The van der Waals surface area contributed by atoms with E-state index in [2.05, 4.69) is 5.32 Å². The fraction of sp³-hybridized carbons (Fsp3) is 0.278. The zero-order valence-electron chi connectivity index (χ0n) is 26.5. The van der Waals surface area contributed by atoms with Crippen molar-refractivity contribution >= 4 is 27.5 Å². The van der Waals surface area contributed by atoms with Crippen LogP contribution in [0.15, 0.2) is 108 Å². The second-order valence-corrected chi connectivity index (χ2v) is 13.0. The molecule has 0 aliphatic carbocycles. The fourth-order valence-corrected chi connectivity index (χ4v) is 6.45. The van der Waals surface area contributed by atoms with E-state index in [0.29, 0.717) is 12.0 Å². The molecule has 0 saturated heterocycles. The number of carbonyl (C=O) groups is 2. The molecular formula is C36H40FN3O5S. The fourth-order valence-electron chi connectivity index (χ4n) is 5.01. The average Bonchev–Trinajstić information content (AvgIpc) is 3.06. The van der Waals surface area contributed by atoms with Gasteiger partial charge in [0.2, 0.25) is 11.8 Å². The Bertz CT molecular complexity index is 1720. The summed E-state index contributed by atoms with van der Waals surface area (Å²) in [6, 6.07) is 26.7. The van der Waals surface area contributed by atoms with Gasteiger partial charge in [0.1, 0.15) is 24.2 Å². The van der Waals surface area contributed by atoms with Crippen LogP contribution in [0.3, 0.4) is 0 Å². The lowest BCUT2D eigenvalue weighted by Crippen LogP contribution is -2.54. The Balaban J connectivity index is 1.84. The van der Waals surface area contributed by atoms with E-state index >= 15 is 0 Å². The molecule has 4 rings (SSSR count). The third-order valence-corrected chi connectivity index (χ3v) is 9.53. The summed E-state index contributed by atoms with van der Waals surface area (Å²) < 4.78 is 48.9. The van der Waals surface area contributed by atoms with Crippen molar-refractivity contribution in [2.75, 3.05) is 18.0 Å². The number of carbonyl (C=O) groups excluding carboxylic acids is 2. The van der Waals surface area contributed by atoms with Gasteiger partial charge in [0, 0.05) is 19.0 Å². The topological polar surface area (TPSA) is 96.0 Å². The average molecular weight is 646 g/mol. The van der Waals surface area contributed by atoms with Crippen LogP contribution in [0.1, 0.15) is 37.0 Å². The molecule has 4 aromatic rings.